The molecule has 0 bridgehead atoms. The molecule has 0 aliphatic rings. The first-order valence-corrected chi connectivity index (χ1v) is 4.17. The molecule has 0 atom stereocenters. The number of aliphatic carboxylic acids is 1. The van der Waals surface area contributed by atoms with Crippen LogP contribution in [0.15, 0.2) is 0 Å². The van der Waals surface area contributed by atoms with E-state index in [4.69, 9.17) is 0 Å². The maximum atomic E-state index is 12.4. The molecule has 0 unspecified atom stereocenters. The van der Waals surface area contributed by atoms with Crippen molar-refractivity contribution in [2.45, 2.75) is 5.66 Å². The third kappa shape index (κ3) is 2.76. The Hall–Kier alpha value is 0.0774. The van der Waals surface area contributed by atoms with Gasteiger partial charge in [-0.05, 0) is 0 Å². The first-order chi connectivity index (χ1) is 5.31. The van der Waals surface area contributed by atoms with Crippen molar-refractivity contribution in [3.8, 4) is 0 Å². The number of carbonyl (C=O) groups is 1. The fourth-order valence-corrected chi connectivity index (χ4v) is 1.25. The number of halogens is 2. The number of alkyl halides is 2. The van der Waals surface area contributed by atoms with Gasteiger partial charge in [0.15, 0.2) is 0 Å². The number of carboxylic acid groups (broad SMARTS) is 1. The molecule has 0 N–H and O–H groups in total. The van der Waals surface area contributed by atoms with Crippen LogP contribution in [0.5, 0.6) is 0 Å². The second-order valence-corrected chi connectivity index (χ2v) is 3.98. The van der Waals surface area contributed by atoms with E-state index in [0.29, 0.717) is 14.2 Å². The SMILES string of the molecule is COP(=O)(OC)C(F)(F)C(=O)[O-].[Li+]. The molecular formula is C4H6F2LiO5P. The van der Waals surface area contributed by atoms with Gasteiger partial charge < -0.3 is 18.9 Å². The van der Waals surface area contributed by atoms with E-state index >= 15 is 0 Å². The molecule has 0 rings (SSSR count). The van der Waals surface area contributed by atoms with Gasteiger partial charge in [-0.1, -0.05) is 0 Å². The van der Waals surface area contributed by atoms with Gasteiger partial charge in [-0.2, -0.15) is 8.78 Å². The Morgan fingerprint density at radius 3 is 1.77 bits per heavy atom. The van der Waals surface area contributed by atoms with Crippen molar-refractivity contribution in [1.82, 2.24) is 0 Å². The number of hydrogen-bond acceptors (Lipinski definition) is 5. The van der Waals surface area contributed by atoms with Gasteiger partial charge in [-0.25, -0.2) is 0 Å². The van der Waals surface area contributed by atoms with Gasteiger partial charge in [0.2, 0.25) is 0 Å². The van der Waals surface area contributed by atoms with E-state index < -0.39 is 19.2 Å². The molecule has 0 radical (unpaired) electrons. The van der Waals surface area contributed by atoms with Crippen LogP contribution in [0.3, 0.4) is 0 Å². The van der Waals surface area contributed by atoms with Crippen LogP contribution in [0.4, 0.5) is 8.78 Å². The van der Waals surface area contributed by atoms with Crippen LogP contribution in [0, 0.1) is 0 Å². The summed E-state index contributed by atoms with van der Waals surface area (Å²) in [6.07, 6.45) is 0. The van der Waals surface area contributed by atoms with Crippen LogP contribution in [0.2, 0.25) is 0 Å². The molecule has 0 saturated carbocycles. The Labute approximate surface area is 85.1 Å². The second-order valence-electron chi connectivity index (χ2n) is 1.69. The largest absolute Gasteiger partial charge is 1.00 e. The molecule has 5 nitrogen and oxygen atoms in total. The smallest absolute Gasteiger partial charge is 0.543 e. The summed E-state index contributed by atoms with van der Waals surface area (Å²) in [5, 5.41) is 9.79. The van der Waals surface area contributed by atoms with E-state index in [1.807, 2.05) is 0 Å². The Bertz CT molecular complexity index is 225. The van der Waals surface area contributed by atoms with E-state index in [9.17, 15) is 23.2 Å². The van der Waals surface area contributed by atoms with Gasteiger partial charge in [0.25, 0.3) is 0 Å². The van der Waals surface area contributed by atoms with Crippen LogP contribution in [-0.4, -0.2) is 25.9 Å². The van der Waals surface area contributed by atoms with Gasteiger partial charge >= 0.3 is 32.1 Å². The van der Waals surface area contributed by atoms with Crippen LogP contribution in [0.25, 0.3) is 0 Å². The summed E-state index contributed by atoms with van der Waals surface area (Å²) in [6, 6.07) is 0. The number of carbonyl (C=O) groups excluding carboxylic acids is 1. The van der Waals surface area contributed by atoms with Gasteiger partial charge in [0.05, 0.1) is 0 Å². The summed E-state index contributed by atoms with van der Waals surface area (Å²) >= 11 is 0. The summed E-state index contributed by atoms with van der Waals surface area (Å²) < 4.78 is 43.2. The molecule has 0 aromatic heterocycles. The Balaban J connectivity index is 0. The molecule has 9 heteroatoms. The third-order valence-corrected chi connectivity index (χ3v) is 2.90. The van der Waals surface area contributed by atoms with Crippen molar-refractivity contribution < 1.29 is 51.2 Å². The van der Waals surface area contributed by atoms with Gasteiger partial charge in [-0.3, -0.25) is 4.57 Å². The number of rotatable bonds is 4. The third-order valence-electron chi connectivity index (χ3n) is 1.07. The Morgan fingerprint density at radius 2 is 1.69 bits per heavy atom. The maximum Gasteiger partial charge on any atom is 1.00 e. The van der Waals surface area contributed by atoms with Crippen LogP contribution < -0.4 is 24.0 Å². The average molecular weight is 210 g/mol. The average Bonchev–Trinajstić information content (AvgIpc) is 2.02. The molecule has 72 valence electrons. The van der Waals surface area contributed by atoms with Crippen molar-refractivity contribution in [1.29, 1.82) is 0 Å². The zero-order chi connectivity index (χ0) is 9.99. The topological polar surface area (TPSA) is 75.7 Å². The maximum absolute atomic E-state index is 12.4. The Kier molecular flexibility index (Phi) is 6.08. The molecule has 0 aliphatic carbocycles. The van der Waals surface area contributed by atoms with Crippen molar-refractivity contribution >= 4 is 13.6 Å². The number of hydrogen-bond donors (Lipinski definition) is 0. The van der Waals surface area contributed by atoms with Gasteiger partial charge in [-0.15, -0.1) is 0 Å². The molecule has 0 amide bonds. The molecule has 0 aromatic carbocycles. The molecule has 0 aliphatic heterocycles. The summed E-state index contributed by atoms with van der Waals surface area (Å²) in [5.41, 5.74) is -4.63. The summed E-state index contributed by atoms with van der Waals surface area (Å²) in [5.74, 6) is -2.80. The molecule has 0 spiro atoms. The monoisotopic (exact) mass is 210 g/mol. The first kappa shape index (κ1) is 15.5. The van der Waals surface area contributed by atoms with Crippen LogP contribution >= 0.6 is 7.60 Å². The molecule has 0 saturated heterocycles. The fraction of sp³-hybridized carbons (Fsp3) is 0.750. The standard InChI is InChI=1S/C4H7F2O5P.Li/c1-10-12(9,11-2)4(5,6)3(7)8;/h1-2H3,(H,7,8);/q;+1/p-1. The second kappa shape index (κ2) is 5.08. The van der Waals surface area contributed by atoms with E-state index in [2.05, 4.69) is 9.05 Å². The predicted molar refractivity (Wildman–Crippen MR) is 31.6 cm³/mol. The van der Waals surface area contributed by atoms with Crippen molar-refractivity contribution in [2.24, 2.45) is 0 Å². The van der Waals surface area contributed by atoms with E-state index in [0.717, 1.165) is 0 Å². The molecule has 0 heterocycles. The summed E-state index contributed by atoms with van der Waals surface area (Å²) in [4.78, 5) is 9.79. The van der Waals surface area contributed by atoms with Gasteiger partial charge in [0, 0.05) is 14.2 Å². The summed E-state index contributed by atoms with van der Waals surface area (Å²) in [6.45, 7) is 0. The van der Waals surface area contributed by atoms with Crippen molar-refractivity contribution in [3.63, 3.8) is 0 Å². The minimum absolute atomic E-state index is 0. The minimum Gasteiger partial charge on any atom is -0.543 e. The first-order valence-electron chi connectivity index (χ1n) is 2.62. The summed E-state index contributed by atoms with van der Waals surface area (Å²) in [7, 11) is -3.63. The fourth-order valence-electron chi connectivity index (χ4n) is 0.416. The quantitative estimate of drug-likeness (QED) is 0.361. The molecule has 0 fully saturated rings. The van der Waals surface area contributed by atoms with E-state index in [-0.39, 0.29) is 18.9 Å². The predicted octanol–water partition coefficient (Wildman–Crippen LogP) is -3.18. The van der Waals surface area contributed by atoms with E-state index in [1.165, 1.54) is 0 Å². The van der Waals surface area contributed by atoms with E-state index in [1.54, 1.807) is 0 Å². The van der Waals surface area contributed by atoms with Crippen molar-refractivity contribution in [2.75, 3.05) is 14.2 Å². The van der Waals surface area contributed by atoms with Crippen LogP contribution in [0.1, 0.15) is 0 Å². The Morgan fingerprint density at radius 1 is 1.38 bits per heavy atom. The number of carboxylic acids is 1. The minimum atomic E-state index is -4.94. The molecule has 0 aromatic rings. The molecular weight excluding hydrogens is 204 g/mol. The molecule has 13 heavy (non-hydrogen) atoms. The zero-order valence-corrected chi connectivity index (χ0v) is 8.14. The van der Waals surface area contributed by atoms with Crippen molar-refractivity contribution in [3.05, 3.63) is 0 Å². The normalized spacial score (nSPS) is 12.0. The zero-order valence-electron chi connectivity index (χ0n) is 7.24. The van der Waals surface area contributed by atoms with Gasteiger partial charge in [0.1, 0.15) is 5.97 Å². The van der Waals surface area contributed by atoms with Crippen LogP contribution in [-0.2, 0) is 18.4 Å².